The predicted octanol–water partition coefficient (Wildman–Crippen LogP) is 6.17. The van der Waals surface area contributed by atoms with E-state index in [0.29, 0.717) is 38.8 Å². The number of carbonyl (C=O) groups excluding carboxylic acids is 1. The Bertz CT molecular complexity index is 1260. The number of pyridine rings is 2. The van der Waals surface area contributed by atoms with Crippen LogP contribution in [0, 0.1) is 5.82 Å². The first-order valence-corrected chi connectivity index (χ1v) is 10.2. The van der Waals surface area contributed by atoms with E-state index in [4.69, 9.17) is 21.1 Å². The van der Waals surface area contributed by atoms with E-state index in [1.54, 1.807) is 24.4 Å². The number of benzene rings is 2. The molecule has 1 N–H and O–H groups in total. The van der Waals surface area contributed by atoms with Gasteiger partial charge in [0.1, 0.15) is 17.4 Å². The van der Waals surface area contributed by atoms with E-state index in [1.165, 1.54) is 37.6 Å². The maximum atomic E-state index is 13.3. The summed E-state index contributed by atoms with van der Waals surface area (Å²) in [6, 6.07) is 14.4. The number of hydrogen-bond donors (Lipinski definition) is 1. The number of halogens is 2. The first-order chi connectivity index (χ1) is 15.5. The van der Waals surface area contributed by atoms with Crippen LogP contribution in [0.2, 0.25) is 5.02 Å². The highest BCUT2D eigenvalue weighted by Gasteiger charge is 2.17. The van der Waals surface area contributed by atoms with Crippen LogP contribution in [0.3, 0.4) is 0 Å². The number of aromatic nitrogens is 2. The van der Waals surface area contributed by atoms with Crippen molar-refractivity contribution in [3.63, 3.8) is 0 Å². The van der Waals surface area contributed by atoms with Gasteiger partial charge in [0.05, 0.1) is 29.3 Å². The van der Waals surface area contributed by atoms with Gasteiger partial charge in [0.15, 0.2) is 0 Å². The molecular weight excluding hydrogens is 433 g/mol. The van der Waals surface area contributed by atoms with E-state index in [1.807, 2.05) is 19.1 Å². The highest BCUT2D eigenvalue weighted by molar-refractivity contribution is 6.35. The average molecular weight is 452 g/mol. The number of ether oxygens (including phenoxy) is 2. The minimum Gasteiger partial charge on any atom is -0.465 e. The van der Waals surface area contributed by atoms with Gasteiger partial charge >= 0.3 is 5.97 Å². The van der Waals surface area contributed by atoms with E-state index in [2.05, 4.69) is 15.3 Å². The van der Waals surface area contributed by atoms with Crippen molar-refractivity contribution in [1.29, 1.82) is 0 Å². The van der Waals surface area contributed by atoms with Crippen molar-refractivity contribution in [2.24, 2.45) is 0 Å². The number of nitrogens with zero attached hydrogens (tertiary/aromatic N) is 2. The van der Waals surface area contributed by atoms with E-state index < -0.39 is 5.97 Å². The fraction of sp³-hybridized carbons (Fsp3) is 0.125. The number of nitrogens with one attached hydrogen (secondary N) is 1. The van der Waals surface area contributed by atoms with Crippen molar-refractivity contribution in [2.45, 2.75) is 13.0 Å². The summed E-state index contributed by atoms with van der Waals surface area (Å²) in [5.74, 6) is 0.501. The molecule has 2 heterocycles. The molecule has 0 aliphatic heterocycles. The summed E-state index contributed by atoms with van der Waals surface area (Å²) < 4.78 is 23.9. The Hall–Kier alpha value is -3.71. The van der Waals surface area contributed by atoms with Gasteiger partial charge in [-0.2, -0.15) is 0 Å². The highest BCUT2D eigenvalue weighted by atomic mass is 35.5. The van der Waals surface area contributed by atoms with Crippen LogP contribution >= 0.6 is 11.6 Å². The van der Waals surface area contributed by atoms with Crippen LogP contribution in [-0.2, 0) is 4.74 Å². The molecule has 0 amide bonds. The third-order valence-electron chi connectivity index (χ3n) is 4.93. The Labute approximate surface area is 189 Å². The lowest BCUT2D eigenvalue weighted by Gasteiger charge is -2.18. The van der Waals surface area contributed by atoms with Crippen LogP contribution in [0.5, 0.6) is 11.6 Å². The number of methoxy groups -OCH3 is 1. The standard InChI is InChI=1S/C24H19ClFN3O3/c1-14(15-3-5-16(6-4-15)24(30)31-2)29-22-21-19(11-12-27-22)20(25)13-28-23(21)32-18-9-7-17(26)8-10-18/h3-14H,1-2H3,(H,27,29)/t14-/m0/s1. The van der Waals surface area contributed by atoms with E-state index in [0.717, 1.165) is 5.56 Å². The van der Waals surface area contributed by atoms with Gasteiger partial charge in [-0.3, -0.25) is 0 Å². The van der Waals surface area contributed by atoms with Gasteiger partial charge in [-0.1, -0.05) is 23.7 Å². The second-order valence-corrected chi connectivity index (χ2v) is 7.44. The van der Waals surface area contributed by atoms with E-state index in [-0.39, 0.29) is 11.9 Å². The molecule has 4 rings (SSSR count). The molecule has 6 nitrogen and oxygen atoms in total. The predicted molar refractivity (Wildman–Crippen MR) is 121 cm³/mol. The van der Waals surface area contributed by atoms with Gasteiger partial charge in [-0.15, -0.1) is 0 Å². The van der Waals surface area contributed by atoms with Gasteiger partial charge in [0.2, 0.25) is 5.88 Å². The van der Waals surface area contributed by atoms with Crippen molar-refractivity contribution in [2.75, 3.05) is 12.4 Å². The first-order valence-electron chi connectivity index (χ1n) is 9.77. The van der Waals surface area contributed by atoms with Crippen LogP contribution < -0.4 is 10.1 Å². The molecule has 4 aromatic rings. The van der Waals surface area contributed by atoms with Crippen molar-refractivity contribution in [1.82, 2.24) is 9.97 Å². The molecular formula is C24H19ClFN3O3. The Balaban J connectivity index is 1.68. The van der Waals surface area contributed by atoms with Crippen LogP contribution in [-0.4, -0.2) is 23.0 Å². The average Bonchev–Trinajstić information content (AvgIpc) is 2.82. The third kappa shape index (κ3) is 4.48. The monoisotopic (exact) mass is 451 g/mol. The molecule has 0 saturated heterocycles. The minimum absolute atomic E-state index is 0.155. The van der Waals surface area contributed by atoms with Crippen molar-refractivity contribution < 1.29 is 18.7 Å². The molecule has 0 saturated carbocycles. The largest absolute Gasteiger partial charge is 0.465 e. The Morgan fingerprint density at radius 3 is 2.47 bits per heavy atom. The van der Waals surface area contributed by atoms with Crippen LogP contribution in [0.1, 0.15) is 28.9 Å². The second-order valence-electron chi connectivity index (χ2n) is 7.03. The Kier molecular flexibility index (Phi) is 6.18. The summed E-state index contributed by atoms with van der Waals surface area (Å²) in [6.45, 7) is 1.96. The molecule has 1 atom stereocenters. The zero-order valence-electron chi connectivity index (χ0n) is 17.3. The lowest BCUT2D eigenvalue weighted by Crippen LogP contribution is -2.09. The van der Waals surface area contributed by atoms with Gasteiger partial charge in [0.25, 0.3) is 0 Å². The zero-order chi connectivity index (χ0) is 22.7. The van der Waals surface area contributed by atoms with Crippen LogP contribution in [0.25, 0.3) is 10.8 Å². The SMILES string of the molecule is COC(=O)c1ccc([C@H](C)Nc2nccc3c(Cl)cnc(Oc4ccc(F)cc4)c23)cc1. The lowest BCUT2D eigenvalue weighted by molar-refractivity contribution is 0.0600. The molecule has 2 aromatic carbocycles. The van der Waals surface area contributed by atoms with Gasteiger partial charge in [-0.05, 0) is 55.0 Å². The quantitative estimate of drug-likeness (QED) is 0.353. The number of esters is 1. The molecule has 0 fully saturated rings. The maximum Gasteiger partial charge on any atom is 0.337 e. The summed E-state index contributed by atoms with van der Waals surface area (Å²) in [6.07, 6.45) is 3.15. The molecule has 32 heavy (non-hydrogen) atoms. The molecule has 8 heteroatoms. The fourth-order valence-electron chi connectivity index (χ4n) is 3.24. The van der Waals surface area contributed by atoms with E-state index in [9.17, 15) is 9.18 Å². The van der Waals surface area contributed by atoms with Crippen molar-refractivity contribution >= 4 is 34.2 Å². The zero-order valence-corrected chi connectivity index (χ0v) is 18.1. The summed E-state index contributed by atoms with van der Waals surface area (Å²) in [4.78, 5) is 20.5. The Morgan fingerprint density at radius 2 is 1.78 bits per heavy atom. The third-order valence-corrected chi connectivity index (χ3v) is 5.23. The molecule has 0 spiro atoms. The molecule has 0 unspecified atom stereocenters. The second kappa shape index (κ2) is 9.20. The molecule has 0 aliphatic rings. The smallest absolute Gasteiger partial charge is 0.337 e. The highest BCUT2D eigenvalue weighted by Crippen LogP contribution is 2.37. The maximum absolute atomic E-state index is 13.3. The molecule has 0 bridgehead atoms. The van der Waals surface area contributed by atoms with Gasteiger partial charge < -0.3 is 14.8 Å². The van der Waals surface area contributed by atoms with Gasteiger partial charge in [-0.25, -0.2) is 19.2 Å². The molecule has 2 aromatic heterocycles. The number of rotatable bonds is 6. The van der Waals surface area contributed by atoms with Crippen LogP contribution in [0.15, 0.2) is 67.0 Å². The van der Waals surface area contributed by atoms with E-state index >= 15 is 0 Å². The van der Waals surface area contributed by atoms with Crippen molar-refractivity contribution in [3.8, 4) is 11.6 Å². The summed E-state index contributed by atoms with van der Waals surface area (Å²) in [7, 11) is 1.34. The topological polar surface area (TPSA) is 73.3 Å². The first kappa shape index (κ1) is 21.5. The summed E-state index contributed by atoms with van der Waals surface area (Å²) >= 11 is 6.37. The lowest BCUT2D eigenvalue weighted by atomic mass is 10.1. The normalized spacial score (nSPS) is 11.8. The summed E-state index contributed by atoms with van der Waals surface area (Å²) in [5, 5.41) is 5.12. The summed E-state index contributed by atoms with van der Waals surface area (Å²) in [5.41, 5.74) is 1.41. The number of anilines is 1. The van der Waals surface area contributed by atoms with Crippen molar-refractivity contribution in [3.05, 3.63) is 89.0 Å². The number of hydrogen-bond acceptors (Lipinski definition) is 6. The number of carbonyl (C=O) groups is 1. The minimum atomic E-state index is -0.392. The van der Waals surface area contributed by atoms with Gasteiger partial charge in [0, 0.05) is 17.6 Å². The molecule has 0 aliphatic carbocycles. The molecule has 162 valence electrons. The number of fused-ring (bicyclic) bond motifs is 1. The van der Waals surface area contributed by atoms with Crippen LogP contribution in [0.4, 0.5) is 10.2 Å². The fourth-order valence-corrected chi connectivity index (χ4v) is 3.45. The Morgan fingerprint density at radius 1 is 1.06 bits per heavy atom. The molecule has 0 radical (unpaired) electrons.